The van der Waals surface area contributed by atoms with Crippen LogP contribution in [0, 0.1) is 5.92 Å². The predicted octanol–water partition coefficient (Wildman–Crippen LogP) is 1.02. The predicted molar refractivity (Wildman–Crippen MR) is 87.1 cm³/mol. The van der Waals surface area contributed by atoms with Crippen molar-refractivity contribution < 1.29 is 19.1 Å². The van der Waals surface area contributed by atoms with E-state index in [-0.39, 0.29) is 18.4 Å². The van der Waals surface area contributed by atoms with Crippen LogP contribution in [0.2, 0.25) is 0 Å². The molecule has 0 radical (unpaired) electrons. The number of amides is 2. The molecule has 24 heavy (non-hydrogen) atoms. The Morgan fingerprint density at radius 3 is 2.29 bits per heavy atom. The van der Waals surface area contributed by atoms with Crippen LogP contribution in [0.1, 0.15) is 24.8 Å². The molecular formula is C18H22N2O4. The van der Waals surface area contributed by atoms with Gasteiger partial charge in [0, 0.05) is 32.1 Å². The molecule has 3 rings (SSSR count). The average molecular weight is 330 g/mol. The number of esters is 1. The van der Waals surface area contributed by atoms with Crippen molar-refractivity contribution in [2.45, 2.75) is 19.3 Å². The Morgan fingerprint density at radius 2 is 1.67 bits per heavy atom. The maximum atomic E-state index is 12.6. The summed E-state index contributed by atoms with van der Waals surface area (Å²) in [5.74, 6) is -0.897. The van der Waals surface area contributed by atoms with Gasteiger partial charge in [0.1, 0.15) is 0 Å². The fourth-order valence-corrected chi connectivity index (χ4v) is 3.22. The lowest BCUT2D eigenvalue weighted by molar-refractivity contribution is -0.161. The van der Waals surface area contributed by atoms with Crippen molar-refractivity contribution in [1.82, 2.24) is 9.80 Å². The van der Waals surface area contributed by atoms with Gasteiger partial charge in [-0.15, -0.1) is 0 Å². The summed E-state index contributed by atoms with van der Waals surface area (Å²) in [5, 5.41) is 0. The lowest BCUT2D eigenvalue weighted by Crippen LogP contribution is -2.52. The molecule has 1 saturated heterocycles. The molecule has 2 aliphatic rings. The van der Waals surface area contributed by atoms with Crippen LogP contribution in [-0.4, -0.2) is 60.4 Å². The number of nitrogens with zero attached hydrogens (tertiary/aromatic N) is 2. The van der Waals surface area contributed by atoms with Crippen molar-refractivity contribution in [3.05, 3.63) is 35.9 Å². The van der Waals surface area contributed by atoms with Crippen LogP contribution in [0.3, 0.4) is 0 Å². The number of rotatable bonds is 3. The highest BCUT2D eigenvalue weighted by atomic mass is 16.5. The first-order chi connectivity index (χ1) is 11.6. The van der Waals surface area contributed by atoms with Gasteiger partial charge in [0.25, 0.3) is 0 Å². The van der Waals surface area contributed by atoms with Gasteiger partial charge in [-0.3, -0.25) is 9.59 Å². The van der Waals surface area contributed by atoms with Crippen molar-refractivity contribution in [3.8, 4) is 0 Å². The van der Waals surface area contributed by atoms with E-state index in [9.17, 15) is 14.4 Å². The number of carbonyl (C=O) groups excluding carboxylic acids is 3. The quantitative estimate of drug-likeness (QED) is 0.613. The van der Waals surface area contributed by atoms with Gasteiger partial charge in [-0.2, -0.15) is 0 Å². The first-order valence-electron chi connectivity index (χ1n) is 8.41. The normalized spacial score (nSPS) is 22.9. The highest BCUT2D eigenvalue weighted by molar-refractivity contribution is 6.32. The van der Waals surface area contributed by atoms with Crippen molar-refractivity contribution in [1.29, 1.82) is 0 Å². The lowest BCUT2D eigenvalue weighted by atomic mass is 10.1. The van der Waals surface area contributed by atoms with Crippen LogP contribution in [-0.2, 0) is 19.1 Å². The van der Waals surface area contributed by atoms with E-state index in [4.69, 9.17) is 4.74 Å². The van der Waals surface area contributed by atoms with Crippen molar-refractivity contribution in [3.63, 3.8) is 0 Å². The van der Waals surface area contributed by atoms with E-state index in [1.54, 1.807) is 6.92 Å². The summed E-state index contributed by atoms with van der Waals surface area (Å²) in [6, 6.07) is 10.1. The fourth-order valence-electron chi connectivity index (χ4n) is 3.22. The van der Waals surface area contributed by atoms with Crippen LogP contribution in [0.4, 0.5) is 0 Å². The van der Waals surface area contributed by atoms with Crippen LogP contribution in [0.5, 0.6) is 0 Å². The Labute approximate surface area is 141 Å². The number of hydrogen-bond donors (Lipinski definition) is 0. The molecule has 1 heterocycles. The smallest absolute Gasteiger partial charge is 0.397 e. The van der Waals surface area contributed by atoms with Gasteiger partial charge >= 0.3 is 11.9 Å². The van der Waals surface area contributed by atoms with Crippen LogP contribution >= 0.6 is 0 Å². The van der Waals surface area contributed by atoms with Crippen LogP contribution in [0.25, 0.3) is 0 Å². The van der Waals surface area contributed by atoms with Gasteiger partial charge in [-0.05, 0) is 24.8 Å². The number of carbonyl (C=O) groups is 3. The monoisotopic (exact) mass is 330 g/mol. The minimum absolute atomic E-state index is 0.0553. The van der Waals surface area contributed by atoms with Gasteiger partial charge in [-0.25, -0.2) is 4.79 Å². The van der Waals surface area contributed by atoms with Gasteiger partial charge in [0.2, 0.25) is 5.91 Å². The molecule has 2 atom stereocenters. The Bertz CT molecular complexity index is 623. The molecule has 0 bridgehead atoms. The van der Waals surface area contributed by atoms with E-state index in [0.29, 0.717) is 32.1 Å². The zero-order chi connectivity index (χ0) is 17.1. The molecule has 6 nitrogen and oxygen atoms in total. The summed E-state index contributed by atoms with van der Waals surface area (Å²) >= 11 is 0. The zero-order valence-electron chi connectivity index (χ0n) is 13.8. The Morgan fingerprint density at radius 1 is 1.04 bits per heavy atom. The van der Waals surface area contributed by atoms with E-state index < -0.39 is 11.9 Å². The molecule has 0 N–H and O–H groups in total. The van der Waals surface area contributed by atoms with E-state index in [1.165, 1.54) is 10.5 Å². The van der Waals surface area contributed by atoms with Gasteiger partial charge in [0.15, 0.2) is 0 Å². The van der Waals surface area contributed by atoms with E-state index >= 15 is 0 Å². The lowest BCUT2D eigenvalue weighted by Gasteiger charge is -2.34. The number of piperazine rings is 1. The summed E-state index contributed by atoms with van der Waals surface area (Å²) in [4.78, 5) is 39.2. The first kappa shape index (κ1) is 16.5. The van der Waals surface area contributed by atoms with E-state index in [0.717, 1.165) is 6.42 Å². The highest BCUT2D eigenvalue weighted by Crippen LogP contribution is 2.48. The third-order valence-electron chi connectivity index (χ3n) is 4.66. The molecule has 2 amide bonds. The number of hydrogen-bond acceptors (Lipinski definition) is 4. The van der Waals surface area contributed by atoms with Gasteiger partial charge < -0.3 is 14.5 Å². The van der Waals surface area contributed by atoms with E-state index in [1.807, 2.05) is 23.1 Å². The number of benzene rings is 1. The third kappa shape index (κ3) is 3.42. The summed E-state index contributed by atoms with van der Waals surface area (Å²) in [6.45, 7) is 3.56. The molecular weight excluding hydrogens is 308 g/mol. The highest BCUT2D eigenvalue weighted by Gasteiger charge is 2.46. The fraction of sp³-hybridized carbons (Fsp3) is 0.500. The average Bonchev–Trinajstić information content (AvgIpc) is 3.42. The molecule has 1 aliphatic heterocycles. The summed E-state index contributed by atoms with van der Waals surface area (Å²) in [6.07, 6.45) is 0.894. The second-order valence-corrected chi connectivity index (χ2v) is 6.20. The molecule has 0 unspecified atom stereocenters. The molecule has 0 aromatic heterocycles. The summed E-state index contributed by atoms with van der Waals surface area (Å²) in [7, 11) is 0. The summed E-state index contributed by atoms with van der Waals surface area (Å²) in [5.41, 5.74) is 1.21. The molecule has 0 spiro atoms. The Hall–Kier alpha value is -2.37. The summed E-state index contributed by atoms with van der Waals surface area (Å²) < 4.78 is 4.73. The first-order valence-corrected chi connectivity index (χ1v) is 8.41. The maximum Gasteiger partial charge on any atom is 0.397 e. The van der Waals surface area contributed by atoms with Crippen molar-refractivity contribution in [2.24, 2.45) is 5.92 Å². The molecule has 1 aromatic carbocycles. The molecule has 6 heteroatoms. The van der Waals surface area contributed by atoms with Crippen LogP contribution in [0.15, 0.2) is 30.3 Å². The van der Waals surface area contributed by atoms with Gasteiger partial charge in [0.05, 0.1) is 6.61 Å². The second kappa shape index (κ2) is 7.03. The van der Waals surface area contributed by atoms with Crippen molar-refractivity contribution in [2.75, 3.05) is 32.8 Å². The minimum Gasteiger partial charge on any atom is -0.459 e. The maximum absolute atomic E-state index is 12.6. The standard InChI is InChI=1S/C18H22N2O4/c1-2-24-18(23)17(22)20-10-8-19(9-11-20)16(21)15-12-14(15)13-6-4-3-5-7-13/h3-7,14-15H,2,8-12H2,1H3/t14-,15+/m1/s1. The van der Waals surface area contributed by atoms with Gasteiger partial charge in [-0.1, -0.05) is 30.3 Å². The van der Waals surface area contributed by atoms with E-state index in [2.05, 4.69) is 12.1 Å². The number of ether oxygens (including phenoxy) is 1. The zero-order valence-corrected chi connectivity index (χ0v) is 13.8. The molecule has 128 valence electrons. The molecule has 1 aliphatic carbocycles. The molecule has 1 aromatic rings. The molecule has 2 fully saturated rings. The minimum atomic E-state index is -0.816. The third-order valence-corrected chi connectivity index (χ3v) is 4.66. The Balaban J connectivity index is 1.50. The molecule has 1 saturated carbocycles. The van der Waals surface area contributed by atoms with Crippen LogP contribution < -0.4 is 0 Å². The second-order valence-electron chi connectivity index (χ2n) is 6.20. The SMILES string of the molecule is CCOC(=O)C(=O)N1CCN(C(=O)[C@H]2C[C@@H]2c2ccccc2)CC1. The van der Waals surface area contributed by atoms with Crippen molar-refractivity contribution >= 4 is 17.8 Å². The topological polar surface area (TPSA) is 66.9 Å². The Kier molecular flexibility index (Phi) is 4.83. The largest absolute Gasteiger partial charge is 0.459 e.